The first-order valence-corrected chi connectivity index (χ1v) is 7.69. The average Bonchev–Trinajstić information content (AvgIpc) is 2.61. The first kappa shape index (κ1) is 15.8. The third kappa shape index (κ3) is 2.54. The molecule has 1 aliphatic heterocycles. The Balaban J connectivity index is 2.07. The Morgan fingerprint density at radius 3 is 2.71 bits per heavy atom. The van der Waals surface area contributed by atoms with Crippen LogP contribution in [0.15, 0.2) is 42.5 Å². The lowest BCUT2D eigenvalue weighted by Crippen LogP contribution is -2.42. The normalized spacial score (nSPS) is 16.3. The first-order chi connectivity index (χ1) is 11.6. The Kier molecular flexibility index (Phi) is 4.07. The third-order valence-electron chi connectivity index (χ3n) is 4.17. The van der Waals surface area contributed by atoms with Gasteiger partial charge in [-0.15, -0.1) is 0 Å². The number of hydrogen-bond donors (Lipinski definition) is 2. The summed E-state index contributed by atoms with van der Waals surface area (Å²) in [5, 5.41) is 17.4. The fraction of sp³-hybridized carbons (Fsp3) is 0.235. The average molecular weight is 326 g/mol. The van der Waals surface area contributed by atoms with Crippen molar-refractivity contribution in [3.63, 3.8) is 0 Å². The van der Waals surface area contributed by atoms with Crippen LogP contribution in [-0.2, 0) is 0 Å². The fourth-order valence-corrected chi connectivity index (χ4v) is 2.96. The van der Waals surface area contributed by atoms with Crippen LogP contribution in [0.3, 0.4) is 0 Å². The second kappa shape index (κ2) is 6.19. The van der Waals surface area contributed by atoms with Crippen molar-refractivity contribution in [1.82, 2.24) is 4.90 Å². The number of nitrogens with zero attached hydrogens (tertiary/aromatic N) is 2. The SMILES string of the molecule is CCN1C(=O)c2ccccc2N[C@H]1c1ccc(NC)c([N+](=O)[O-])c1. The molecular weight excluding hydrogens is 308 g/mol. The summed E-state index contributed by atoms with van der Waals surface area (Å²) >= 11 is 0. The second-order valence-electron chi connectivity index (χ2n) is 5.47. The number of hydrogen-bond acceptors (Lipinski definition) is 5. The molecule has 1 amide bonds. The van der Waals surface area contributed by atoms with Gasteiger partial charge in [0, 0.05) is 30.9 Å². The monoisotopic (exact) mass is 326 g/mol. The van der Waals surface area contributed by atoms with Gasteiger partial charge in [0.05, 0.1) is 10.5 Å². The van der Waals surface area contributed by atoms with E-state index in [4.69, 9.17) is 0 Å². The van der Waals surface area contributed by atoms with Crippen LogP contribution in [-0.4, -0.2) is 29.3 Å². The molecule has 0 bridgehead atoms. The number of anilines is 2. The zero-order valence-electron chi connectivity index (χ0n) is 13.4. The number of nitro groups is 1. The number of nitrogens with one attached hydrogen (secondary N) is 2. The van der Waals surface area contributed by atoms with Crippen molar-refractivity contribution in [3.05, 3.63) is 63.7 Å². The van der Waals surface area contributed by atoms with E-state index in [1.807, 2.05) is 25.1 Å². The van der Waals surface area contributed by atoms with E-state index in [1.165, 1.54) is 6.07 Å². The lowest BCUT2D eigenvalue weighted by atomic mass is 10.0. The summed E-state index contributed by atoms with van der Waals surface area (Å²) in [7, 11) is 1.64. The topological polar surface area (TPSA) is 87.5 Å². The highest BCUT2D eigenvalue weighted by Gasteiger charge is 2.32. The third-order valence-corrected chi connectivity index (χ3v) is 4.17. The second-order valence-corrected chi connectivity index (χ2v) is 5.47. The van der Waals surface area contributed by atoms with E-state index in [0.29, 0.717) is 23.4 Å². The van der Waals surface area contributed by atoms with Crippen molar-refractivity contribution in [2.24, 2.45) is 0 Å². The summed E-state index contributed by atoms with van der Waals surface area (Å²) in [6, 6.07) is 12.2. The fourth-order valence-electron chi connectivity index (χ4n) is 2.96. The molecule has 124 valence electrons. The van der Waals surface area contributed by atoms with Crippen molar-refractivity contribution in [3.8, 4) is 0 Å². The zero-order valence-corrected chi connectivity index (χ0v) is 13.4. The molecule has 0 aromatic heterocycles. The van der Waals surface area contributed by atoms with E-state index < -0.39 is 11.1 Å². The molecule has 0 aliphatic carbocycles. The van der Waals surface area contributed by atoms with E-state index in [9.17, 15) is 14.9 Å². The smallest absolute Gasteiger partial charge is 0.292 e. The predicted molar refractivity (Wildman–Crippen MR) is 92.2 cm³/mol. The van der Waals surface area contributed by atoms with Gasteiger partial charge < -0.3 is 15.5 Å². The minimum Gasteiger partial charge on any atom is -0.383 e. The molecule has 7 nitrogen and oxygen atoms in total. The molecule has 0 fully saturated rings. The molecule has 0 unspecified atom stereocenters. The van der Waals surface area contributed by atoms with Gasteiger partial charge in [0.25, 0.3) is 11.6 Å². The zero-order chi connectivity index (χ0) is 17.3. The summed E-state index contributed by atoms with van der Waals surface area (Å²) in [6.45, 7) is 2.38. The lowest BCUT2D eigenvalue weighted by molar-refractivity contribution is -0.384. The van der Waals surface area contributed by atoms with Crippen LogP contribution in [0.5, 0.6) is 0 Å². The van der Waals surface area contributed by atoms with Crippen LogP contribution < -0.4 is 10.6 Å². The lowest BCUT2D eigenvalue weighted by Gasteiger charge is -2.37. The van der Waals surface area contributed by atoms with E-state index in [-0.39, 0.29) is 11.6 Å². The highest BCUT2D eigenvalue weighted by molar-refractivity contribution is 6.01. The van der Waals surface area contributed by atoms with Crippen LogP contribution in [0.1, 0.15) is 29.0 Å². The molecule has 1 heterocycles. The van der Waals surface area contributed by atoms with Crippen LogP contribution in [0.4, 0.5) is 17.1 Å². The van der Waals surface area contributed by atoms with Crippen molar-refractivity contribution >= 4 is 23.0 Å². The summed E-state index contributed by atoms with van der Waals surface area (Å²) in [5.41, 5.74) is 2.44. The molecule has 0 spiro atoms. The highest BCUT2D eigenvalue weighted by atomic mass is 16.6. The van der Waals surface area contributed by atoms with Crippen molar-refractivity contribution < 1.29 is 9.72 Å². The number of carbonyl (C=O) groups excluding carboxylic acids is 1. The van der Waals surface area contributed by atoms with E-state index in [0.717, 1.165) is 5.69 Å². The Bertz CT molecular complexity index is 806. The van der Waals surface area contributed by atoms with Crippen LogP contribution in [0.2, 0.25) is 0 Å². The molecular formula is C17H18N4O3. The molecule has 3 rings (SSSR count). The van der Waals surface area contributed by atoms with Gasteiger partial charge in [0.1, 0.15) is 11.9 Å². The van der Waals surface area contributed by atoms with Crippen molar-refractivity contribution in [2.75, 3.05) is 24.2 Å². The standard InChI is InChI=1S/C17H18N4O3/c1-3-20-16(19-13-7-5-4-6-12(13)17(20)22)11-8-9-14(18-2)15(10-11)21(23)24/h4-10,16,18-19H,3H2,1-2H3/t16-/m1/s1. The number of fused-ring (bicyclic) bond motifs is 1. The largest absolute Gasteiger partial charge is 0.383 e. The van der Waals surface area contributed by atoms with Crippen LogP contribution in [0.25, 0.3) is 0 Å². The van der Waals surface area contributed by atoms with Crippen molar-refractivity contribution in [1.29, 1.82) is 0 Å². The number of nitro benzene ring substituents is 1. The number of rotatable bonds is 4. The maximum Gasteiger partial charge on any atom is 0.292 e. The Morgan fingerprint density at radius 2 is 2.04 bits per heavy atom. The van der Waals surface area contributed by atoms with Gasteiger partial charge in [-0.05, 0) is 25.1 Å². The van der Waals surface area contributed by atoms with Gasteiger partial charge in [0.2, 0.25) is 0 Å². The predicted octanol–water partition coefficient (Wildman–Crippen LogP) is 3.22. The number of benzene rings is 2. The number of carbonyl (C=O) groups is 1. The summed E-state index contributed by atoms with van der Waals surface area (Å²) < 4.78 is 0. The molecule has 2 N–H and O–H groups in total. The molecule has 0 saturated heterocycles. The summed E-state index contributed by atoms with van der Waals surface area (Å²) in [4.78, 5) is 25.2. The molecule has 7 heteroatoms. The summed E-state index contributed by atoms with van der Waals surface area (Å²) in [5.74, 6) is -0.0859. The maximum absolute atomic E-state index is 12.7. The van der Waals surface area contributed by atoms with E-state index in [2.05, 4.69) is 10.6 Å². The first-order valence-electron chi connectivity index (χ1n) is 7.69. The van der Waals surface area contributed by atoms with Gasteiger partial charge in [0.15, 0.2) is 0 Å². The minimum absolute atomic E-state index is 0.0147. The Morgan fingerprint density at radius 1 is 1.29 bits per heavy atom. The molecule has 24 heavy (non-hydrogen) atoms. The quantitative estimate of drug-likeness (QED) is 0.665. The Labute approximate surface area is 139 Å². The van der Waals surface area contributed by atoms with Gasteiger partial charge >= 0.3 is 0 Å². The maximum atomic E-state index is 12.7. The minimum atomic E-state index is -0.443. The van der Waals surface area contributed by atoms with Crippen LogP contribution in [0, 0.1) is 10.1 Å². The van der Waals surface area contributed by atoms with Gasteiger partial charge in [-0.2, -0.15) is 0 Å². The van der Waals surface area contributed by atoms with Gasteiger partial charge in [-0.1, -0.05) is 18.2 Å². The van der Waals surface area contributed by atoms with Crippen molar-refractivity contribution in [2.45, 2.75) is 13.1 Å². The van der Waals surface area contributed by atoms with Crippen LogP contribution >= 0.6 is 0 Å². The summed E-state index contributed by atoms with van der Waals surface area (Å²) in [6.07, 6.45) is -0.443. The van der Waals surface area contributed by atoms with Gasteiger partial charge in [-0.25, -0.2) is 0 Å². The highest BCUT2D eigenvalue weighted by Crippen LogP contribution is 2.35. The van der Waals surface area contributed by atoms with E-state index >= 15 is 0 Å². The molecule has 0 saturated carbocycles. The van der Waals surface area contributed by atoms with Gasteiger partial charge in [-0.3, -0.25) is 14.9 Å². The molecule has 1 aliphatic rings. The number of amides is 1. The number of para-hydroxylation sites is 1. The molecule has 0 radical (unpaired) electrons. The molecule has 2 aromatic rings. The molecule has 2 aromatic carbocycles. The Hall–Kier alpha value is -3.09. The molecule has 1 atom stereocenters. The van der Waals surface area contributed by atoms with E-state index in [1.54, 1.807) is 30.1 Å².